The van der Waals surface area contributed by atoms with Crippen molar-refractivity contribution in [3.05, 3.63) is 117 Å². The van der Waals surface area contributed by atoms with Gasteiger partial charge in [-0.15, -0.1) is 12.4 Å². The van der Waals surface area contributed by atoms with Gasteiger partial charge in [0.15, 0.2) is 0 Å². The quantitative estimate of drug-likeness (QED) is 0.196. The summed E-state index contributed by atoms with van der Waals surface area (Å²) in [5.74, 6) is -0.203. The Morgan fingerprint density at radius 1 is 1.03 bits per heavy atom. The van der Waals surface area contributed by atoms with E-state index in [1.165, 1.54) is 0 Å². The van der Waals surface area contributed by atoms with Crippen LogP contribution in [0, 0.1) is 11.3 Å². The summed E-state index contributed by atoms with van der Waals surface area (Å²) in [6, 6.07) is 20.0. The van der Waals surface area contributed by atoms with E-state index in [9.17, 15) is 4.79 Å². The van der Waals surface area contributed by atoms with Crippen LogP contribution in [-0.4, -0.2) is 21.4 Å². The molecule has 4 rings (SSSR count). The predicted octanol–water partition coefficient (Wildman–Crippen LogP) is 6.78. The largest absolute Gasteiger partial charge is 0.335 e. The number of amides is 1. The third-order valence-corrected chi connectivity index (χ3v) is 5.98. The monoisotopic (exact) mass is 572 g/mol. The van der Waals surface area contributed by atoms with E-state index >= 15 is 0 Å². The van der Waals surface area contributed by atoms with E-state index in [2.05, 4.69) is 15.6 Å². The highest BCUT2D eigenvalue weighted by atomic mass is 35.5. The van der Waals surface area contributed by atoms with Gasteiger partial charge in [0.25, 0.3) is 5.91 Å². The molecule has 11 heteroatoms. The molecule has 0 aliphatic heterocycles. The van der Waals surface area contributed by atoms with Crippen LogP contribution in [0.15, 0.2) is 90.4 Å². The van der Waals surface area contributed by atoms with Crippen molar-refractivity contribution in [3.8, 4) is 6.07 Å². The van der Waals surface area contributed by atoms with Crippen molar-refractivity contribution in [1.29, 1.82) is 5.26 Å². The van der Waals surface area contributed by atoms with Crippen LogP contribution in [0.2, 0.25) is 15.1 Å². The summed E-state index contributed by atoms with van der Waals surface area (Å²) >= 11 is 18.7. The SMILES string of the molecule is Cl.N#Cc1ccc(C(=O)NC(=N[C@@H](Cn2ccnc2)c2ccc(Cl)cc2Cl)Nc2ccc(Cl)cc2)cc1. The van der Waals surface area contributed by atoms with E-state index in [0.29, 0.717) is 38.4 Å². The fourth-order valence-electron chi connectivity index (χ4n) is 3.37. The highest BCUT2D eigenvalue weighted by Gasteiger charge is 2.18. The number of nitriles is 1. The number of rotatable bonds is 6. The first-order valence-electron chi connectivity index (χ1n) is 10.7. The minimum Gasteiger partial charge on any atom is -0.335 e. The second-order valence-electron chi connectivity index (χ2n) is 7.69. The number of guanidine groups is 1. The van der Waals surface area contributed by atoms with E-state index in [4.69, 9.17) is 45.1 Å². The van der Waals surface area contributed by atoms with E-state index in [1.54, 1.807) is 79.3 Å². The average molecular weight is 574 g/mol. The lowest BCUT2D eigenvalue weighted by Crippen LogP contribution is -2.36. The van der Waals surface area contributed by atoms with E-state index < -0.39 is 11.9 Å². The highest BCUT2D eigenvalue weighted by Crippen LogP contribution is 2.30. The van der Waals surface area contributed by atoms with Crippen LogP contribution in [0.5, 0.6) is 0 Å². The summed E-state index contributed by atoms with van der Waals surface area (Å²) in [5.41, 5.74) is 2.22. The van der Waals surface area contributed by atoms with Crippen LogP contribution in [0.3, 0.4) is 0 Å². The highest BCUT2D eigenvalue weighted by molar-refractivity contribution is 6.35. The second-order valence-corrected chi connectivity index (χ2v) is 8.97. The Hall–Kier alpha value is -3.54. The standard InChI is InChI=1S/C26H19Cl3N6O.ClH/c27-19-5-8-21(9-6-19)32-26(34-25(36)18-3-1-17(14-30)2-4-18)33-24(15-35-12-11-31-16-35)22-10-7-20(28)13-23(22)29;/h1-13,16,24H,15H2,(H2,32,33,34,36);1H/t24-;/m0./s1. The average Bonchev–Trinajstić information content (AvgIpc) is 3.38. The van der Waals surface area contributed by atoms with E-state index in [1.807, 2.05) is 16.8 Å². The Kier molecular flexibility index (Phi) is 9.95. The zero-order valence-corrected chi connectivity index (χ0v) is 22.2. The van der Waals surface area contributed by atoms with Gasteiger partial charge < -0.3 is 9.88 Å². The number of carbonyl (C=O) groups excluding carboxylic acids is 1. The topological polar surface area (TPSA) is 95.1 Å². The molecule has 0 radical (unpaired) electrons. The van der Waals surface area contributed by atoms with Crippen molar-refractivity contribution >= 4 is 64.8 Å². The molecule has 1 atom stereocenters. The van der Waals surface area contributed by atoms with Crippen molar-refractivity contribution in [2.75, 3.05) is 5.32 Å². The lowest BCUT2D eigenvalue weighted by molar-refractivity contribution is 0.0977. The Bertz CT molecular complexity index is 1420. The maximum absolute atomic E-state index is 13.1. The fraction of sp³-hybridized carbons (Fsp3) is 0.0769. The molecule has 4 aromatic rings. The zero-order chi connectivity index (χ0) is 25.5. The van der Waals surface area contributed by atoms with Gasteiger partial charge in [0.1, 0.15) is 0 Å². The minimum absolute atomic E-state index is 0. The molecule has 0 aliphatic carbocycles. The Balaban J connectivity index is 0.00000380. The van der Waals surface area contributed by atoms with Crippen LogP contribution in [-0.2, 0) is 6.54 Å². The van der Waals surface area contributed by atoms with Crippen LogP contribution in [0.1, 0.15) is 27.5 Å². The van der Waals surface area contributed by atoms with Gasteiger partial charge in [0.2, 0.25) is 5.96 Å². The molecule has 0 aliphatic rings. The first kappa shape index (κ1) is 28.0. The molecule has 0 spiro atoms. The van der Waals surface area contributed by atoms with Crippen LogP contribution in [0.25, 0.3) is 0 Å². The molecule has 3 aromatic carbocycles. The van der Waals surface area contributed by atoms with Gasteiger partial charge in [0.05, 0.1) is 30.5 Å². The zero-order valence-electron chi connectivity index (χ0n) is 19.1. The molecule has 0 fully saturated rings. The number of halogens is 4. The summed E-state index contributed by atoms with van der Waals surface area (Å²) in [4.78, 5) is 22.0. The van der Waals surface area contributed by atoms with Gasteiger partial charge >= 0.3 is 0 Å². The first-order valence-corrected chi connectivity index (χ1v) is 11.9. The second kappa shape index (κ2) is 13.1. The van der Waals surface area contributed by atoms with Crippen molar-refractivity contribution < 1.29 is 4.79 Å². The summed E-state index contributed by atoms with van der Waals surface area (Å²) in [5, 5.41) is 16.5. The Morgan fingerprint density at radius 2 is 1.73 bits per heavy atom. The van der Waals surface area contributed by atoms with Gasteiger partial charge in [-0.2, -0.15) is 5.26 Å². The van der Waals surface area contributed by atoms with Gasteiger partial charge in [-0.3, -0.25) is 10.1 Å². The maximum Gasteiger partial charge on any atom is 0.257 e. The number of imidazole rings is 1. The summed E-state index contributed by atoms with van der Waals surface area (Å²) in [6.45, 7) is 0.403. The molecule has 2 N–H and O–H groups in total. The third-order valence-electron chi connectivity index (χ3n) is 5.16. The Morgan fingerprint density at radius 3 is 2.35 bits per heavy atom. The summed E-state index contributed by atoms with van der Waals surface area (Å²) in [6.07, 6.45) is 5.16. The smallest absolute Gasteiger partial charge is 0.257 e. The molecule has 0 saturated carbocycles. The Labute approximate surface area is 235 Å². The number of nitrogens with one attached hydrogen (secondary N) is 2. The number of nitrogens with zero attached hydrogens (tertiary/aromatic N) is 4. The number of aromatic nitrogens is 2. The molecule has 7 nitrogen and oxygen atoms in total. The van der Waals surface area contributed by atoms with Gasteiger partial charge in [-0.05, 0) is 66.2 Å². The number of hydrogen-bond donors (Lipinski definition) is 2. The molecule has 188 valence electrons. The predicted molar refractivity (Wildman–Crippen MR) is 150 cm³/mol. The number of anilines is 1. The molecule has 1 heterocycles. The van der Waals surface area contributed by atoms with Gasteiger partial charge in [-0.25, -0.2) is 9.98 Å². The van der Waals surface area contributed by atoms with Crippen LogP contribution in [0.4, 0.5) is 5.69 Å². The number of aliphatic imine (C=N–C) groups is 1. The van der Waals surface area contributed by atoms with Crippen LogP contribution < -0.4 is 10.6 Å². The van der Waals surface area contributed by atoms with E-state index in [-0.39, 0.29) is 18.4 Å². The van der Waals surface area contributed by atoms with E-state index in [0.717, 1.165) is 5.56 Å². The first-order chi connectivity index (χ1) is 17.4. The van der Waals surface area contributed by atoms with Crippen molar-refractivity contribution in [3.63, 3.8) is 0 Å². The lowest BCUT2D eigenvalue weighted by atomic mass is 10.1. The molecule has 0 unspecified atom stereocenters. The molecular formula is C26H20Cl4N6O. The maximum atomic E-state index is 13.1. The number of carbonyl (C=O) groups is 1. The lowest BCUT2D eigenvalue weighted by Gasteiger charge is -2.19. The van der Waals surface area contributed by atoms with Gasteiger partial charge in [-0.1, -0.05) is 40.9 Å². The minimum atomic E-state index is -0.500. The third kappa shape index (κ3) is 7.72. The summed E-state index contributed by atoms with van der Waals surface area (Å²) in [7, 11) is 0. The number of hydrogen-bond acceptors (Lipinski definition) is 4. The molecule has 0 bridgehead atoms. The fourth-order valence-corrected chi connectivity index (χ4v) is 4.03. The molecule has 0 saturated heterocycles. The summed E-state index contributed by atoms with van der Waals surface area (Å²) < 4.78 is 1.86. The van der Waals surface area contributed by atoms with Crippen LogP contribution >= 0.6 is 47.2 Å². The van der Waals surface area contributed by atoms with Gasteiger partial charge in [0, 0.05) is 38.7 Å². The molecule has 37 heavy (non-hydrogen) atoms. The number of benzene rings is 3. The molecule has 1 amide bonds. The van der Waals surface area contributed by atoms with Crippen molar-refractivity contribution in [2.24, 2.45) is 4.99 Å². The van der Waals surface area contributed by atoms with Crippen molar-refractivity contribution in [2.45, 2.75) is 12.6 Å². The molecule has 1 aromatic heterocycles. The molecular weight excluding hydrogens is 554 g/mol. The van der Waals surface area contributed by atoms with Crippen molar-refractivity contribution in [1.82, 2.24) is 14.9 Å². The normalized spacial score (nSPS) is 11.7.